The van der Waals surface area contributed by atoms with Crippen molar-refractivity contribution in [3.05, 3.63) is 108 Å². The lowest BCUT2D eigenvalue weighted by atomic mass is 10.2. The number of unbranched alkanes of at least 4 members (excludes halogenated alkanes) is 3. The molecule has 3 aromatic carbocycles. The first kappa shape index (κ1) is 39.7. The molecule has 0 bridgehead atoms. The molecule has 0 radical (unpaired) electrons. The molecule has 4 aromatic rings. The van der Waals surface area contributed by atoms with Crippen LogP contribution >= 0.6 is 0 Å². The molecule has 0 aliphatic carbocycles. The molecule has 3 unspecified atom stereocenters. The van der Waals surface area contributed by atoms with Gasteiger partial charge in [-0.2, -0.15) is 0 Å². The van der Waals surface area contributed by atoms with E-state index in [4.69, 9.17) is 28.4 Å². The van der Waals surface area contributed by atoms with Crippen molar-refractivity contribution in [3.63, 3.8) is 0 Å². The fraction of sp³-hybridized carbons (Fsp3) is 0.500. The topological polar surface area (TPSA) is 94.1 Å². The van der Waals surface area contributed by atoms with Crippen molar-refractivity contribution in [1.82, 2.24) is 15.0 Å². The predicted octanol–water partition coefficient (Wildman–Crippen LogP) is 9.33. The molecule has 1 heterocycles. The highest BCUT2D eigenvalue weighted by molar-refractivity contribution is 5.15. The van der Waals surface area contributed by atoms with Crippen molar-refractivity contribution in [2.24, 2.45) is 0 Å². The van der Waals surface area contributed by atoms with Gasteiger partial charge in [-0.3, -0.25) is 0 Å². The van der Waals surface area contributed by atoms with Crippen LogP contribution in [-0.4, -0.2) is 53.1 Å². The van der Waals surface area contributed by atoms with Crippen LogP contribution in [0, 0.1) is 0 Å². The summed E-state index contributed by atoms with van der Waals surface area (Å²) in [5.74, 6) is 0. The molecule has 1 aromatic heterocycles. The maximum atomic E-state index is 6.16. The molecular weight excluding hydrogens is 642 g/mol. The predicted molar refractivity (Wildman–Crippen MR) is 200 cm³/mol. The van der Waals surface area contributed by atoms with E-state index in [0.717, 1.165) is 57.8 Å². The molecular formula is C42H57N3O6. The summed E-state index contributed by atoms with van der Waals surface area (Å²) in [6.07, 6.45) is 7.99. The Hall–Kier alpha value is -4.05. The van der Waals surface area contributed by atoms with Crippen molar-refractivity contribution in [2.45, 2.75) is 117 Å². The van der Waals surface area contributed by atoms with Gasteiger partial charge in [-0.05, 0) is 95.2 Å². The van der Waals surface area contributed by atoms with Gasteiger partial charge >= 0.3 is 18.0 Å². The Balaban J connectivity index is 1.20. The van der Waals surface area contributed by atoms with Crippen LogP contribution in [0.25, 0.3) is 0 Å². The minimum Gasteiger partial charge on any atom is -0.460 e. The van der Waals surface area contributed by atoms with E-state index in [1.54, 1.807) is 0 Å². The van der Waals surface area contributed by atoms with Crippen LogP contribution in [0.2, 0.25) is 0 Å². The van der Waals surface area contributed by atoms with Gasteiger partial charge in [-0.15, -0.1) is 15.0 Å². The zero-order chi connectivity index (χ0) is 35.8. The van der Waals surface area contributed by atoms with Gasteiger partial charge in [0.25, 0.3) is 0 Å². The molecule has 0 aliphatic rings. The summed E-state index contributed by atoms with van der Waals surface area (Å²) in [4.78, 5) is 13.5. The largest absolute Gasteiger partial charge is 0.460 e. The van der Waals surface area contributed by atoms with E-state index in [0.29, 0.717) is 39.6 Å². The van der Waals surface area contributed by atoms with Crippen LogP contribution in [0.1, 0.15) is 95.2 Å². The number of ether oxygens (including phenoxy) is 6. The SMILES string of the molecule is CC(CCCCOCc1ccccc1)Oc1nc(OC(C)CCCCOCc2ccccc2)nc(OC(C)CCCCOCc2ccccc2)n1. The average molecular weight is 700 g/mol. The minimum absolute atomic E-state index is 0.0937. The third-order valence-corrected chi connectivity index (χ3v) is 8.28. The van der Waals surface area contributed by atoms with Gasteiger partial charge in [0.15, 0.2) is 0 Å². The quantitative estimate of drug-likeness (QED) is 0.0565. The first-order chi connectivity index (χ1) is 25.0. The maximum Gasteiger partial charge on any atom is 0.326 e. The van der Waals surface area contributed by atoms with E-state index in [2.05, 4.69) is 51.4 Å². The zero-order valence-electron chi connectivity index (χ0n) is 30.8. The summed E-state index contributed by atoms with van der Waals surface area (Å²) in [5, 5.41) is 0. The van der Waals surface area contributed by atoms with Gasteiger partial charge < -0.3 is 28.4 Å². The van der Waals surface area contributed by atoms with Crippen LogP contribution in [0.5, 0.6) is 18.0 Å². The second kappa shape index (κ2) is 24.2. The molecule has 276 valence electrons. The first-order valence-electron chi connectivity index (χ1n) is 18.6. The van der Waals surface area contributed by atoms with Gasteiger partial charge in [0.1, 0.15) is 0 Å². The van der Waals surface area contributed by atoms with E-state index in [1.807, 2.05) is 75.4 Å². The summed E-state index contributed by atoms with van der Waals surface area (Å²) >= 11 is 0. The minimum atomic E-state index is -0.0937. The molecule has 0 saturated carbocycles. The van der Waals surface area contributed by atoms with Crippen molar-refractivity contribution in [3.8, 4) is 18.0 Å². The summed E-state index contributed by atoms with van der Waals surface area (Å²) in [6.45, 7) is 10.1. The molecule has 0 N–H and O–H groups in total. The van der Waals surface area contributed by atoms with Crippen LogP contribution in [-0.2, 0) is 34.0 Å². The number of hydrogen-bond donors (Lipinski definition) is 0. The standard InChI is InChI=1S/C42H57N3O6/c1-34(19-13-16-28-46-31-37-22-7-4-8-23-37)49-40-43-41(50-35(2)20-14-17-29-47-32-38-24-9-5-10-25-38)45-42(44-40)51-36(3)21-15-18-30-48-33-39-26-11-6-12-27-39/h4-12,22-27,34-36H,13-21,28-33H2,1-3H3. The van der Waals surface area contributed by atoms with Gasteiger partial charge in [0, 0.05) is 19.8 Å². The lowest BCUT2D eigenvalue weighted by Gasteiger charge is -2.18. The van der Waals surface area contributed by atoms with Crippen molar-refractivity contribution < 1.29 is 28.4 Å². The van der Waals surface area contributed by atoms with Gasteiger partial charge in [-0.25, -0.2) is 0 Å². The molecule has 9 nitrogen and oxygen atoms in total. The molecule has 0 spiro atoms. The van der Waals surface area contributed by atoms with Crippen LogP contribution in [0.3, 0.4) is 0 Å². The Morgan fingerprint density at radius 2 is 0.667 bits per heavy atom. The maximum absolute atomic E-state index is 6.16. The summed E-state index contributed by atoms with van der Waals surface area (Å²) in [5.41, 5.74) is 3.55. The van der Waals surface area contributed by atoms with Crippen LogP contribution in [0.15, 0.2) is 91.0 Å². The van der Waals surface area contributed by atoms with Crippen molar-refractivity contribution >= 4 is 0 Å². The lowest BCUT2D eigenvalue weighted by molar-refractivity contribution is 0.109. The Morgan fingerprint density at radius 1 is 0.392 bits per heavy atom. The number of benzene rings is 3. The van der Waals surface area contributed by atoms with Gasteiger partial charge in [-0.1, -0.05) is 91.0 Å². The van der Waals surface area contributed by atoms with E-state index in [9.17, 15) is 0 Å². The normalized spacial score (nSPS) is 13.0. The van der Waals surface area contributed by atoms with E-state index >= 15 is 0 Å². The Morgan fingerprint density at radius 3 is 0.941 bits per heavy atom. The van der Waals surface area contributed by atoms with Crippen LogP contribution < -0.4 is 14.2 Å². The number of hydrogen-bond acceptors (Lipinski definition) is 9. The summed E-state index contributed by atoms with van der Waals surface area (Å²) in [6, 6.07) is 31.3. The number of aromatic nitrogens is 3. The highest BCUT2D eigenvalue weighted by Crippen LogP contribution is 2.21. The smallest absolute Gasteiger partial charge is 0.326 e. The van der Waals surface area contributed by atoms with Gasteiger partial charge in [0.2, 0.25) is 0 Å². The highest BCUT2D eigenvalue weighted by atomic mass is 16.5. The van der Waals surface area contributed by atoms with E-state index in [-0.39, 0.29) is 36.3 Å². The molecule has 0 fully saturated rings. The van der Waals surface area contributed by atoms with E-state index in [1.165, 1.54) is 16.7 Å². The fourth-order valence-corrected chi connectivity index (χ4v) is 5.40. The monoisotopic (exact) mass is 699 g/mol. The van der Waals surface area contributed by atoms with Crippen molar-refractivity contribution in [1.29, 1.82) is 0 Å². The average Bonchev–Trinajstić information content (AvgIpc) is 3.14. The molecule has 51 heavy (non-hydrogen) atoms. The molecule has 9 heteroatoms. The molecule has 0 amide bonds. The van der Waals surface area contributed by atoms with Crippen LogP contribution in [0.4, 0.5) is 0 Å². The molecule has 3 atom stereocenters. The van der Waals surface area contributed by atoms with Crippen molar-refractivity contribution in [2.75, 3.05) is 19.8 Å². The first-order valence-corrected chi connectivity index (χ1v) is 18.6. The molecule has 0 saturated heterocycles. The summed E-state index contributed by atoms with van der Waals surface area (Å²) < 4.78 is 36.0. The highest BCUT2D eigenvalue weighted by Gasteiger charge is 2.17. The second-order valence-electron chi connectivity index (χ2n) is 13.1. The number of nitrogens with zero attached hydrogens (tertiary/aromatic N) is 3. The molecule has 4 rings (SSSR count). The third kappa shape index (κ3) is 17.6. The Labute approximate surface area is 305 Å². The molecule has 0 aliphatic heterocycles. The summed E-state index contributed by atoms with van der Waals surface area (Å²) in [7, 11) is 0. The Kier molecular flexibility index (Phi) is 18.8. The number of rotatable bonds is 27. The Bertz CT molecular complexity index is 1260. The zero-order valence-corrected chi connectivity index (χ0v) is 30.8. The third-order valence-electron chi connectivity index (χ3n) is 8.28. The second-order valence-corrected chi connectivity index (χ2v) is 13.1. The van der Waals surface area contributed by atoms with E-state index < -0.39 is 0 Å². The van der Waals surface area contributed by atoms with Gasteiger partial charge in [0.05, 0.1) is 38.1 Å². The lowest BCUT2D eigenvalue weighted by Crippen LogP contribution is -2.19. The fourth-order valence-electron chi connectivity index (χ4n) is 5.40.